The molecule has 1 heterocycles. The van der Waals surface area contributed by atoms with Gasteiger partial charge in [0.25, 0.3) is 0 Å². The first-order valence-corrected chi connectivity index (χ1v) is 6.72. The van der Waals surface area contributed by atoms with Gasteiger partial charge in [0.15, 0.2) is 0 Å². The third kappa shape index (κ3) is 4.81. The summed E-state index contributed by atoms with van der Waals surface area (Å²) in [6.07, 6.45) is 2.96. The molecule has 1 rings (SSSR count). The van der Waals surface area contributed by atoms with E-state index in [1.165, 1.54) is 19.4 Å². The maximum absolute atomic E-state index is 5.63. The highest BCUT2D eigenvalue weighted by Crippen LogP contribution is 2.12. The minimum Gasteiger partial charge on any atom is -0.376 e. The standard InChI is InChI=1S/C13H28N2O/c1-5-14-11(2)7-6-8-15-9-13(4)16-10-12(15)3/h11-14H,5-10H2,1-4H3. The molecule has 0 bridgehead atoms. The van der Waals surface area contributed by atoms with Crippen molar-refractivity contribution in [3.05, 3.63) is 0 Å². The minimum atomic E-state index is 0.405. The predicted molar refractivity (Wildman–Crippen MR) is 68.8 cm³/mol. The molecule has 0 spiro atoms. The molecule has 3 heteroatoms. The van der Waals surface area contributed by atoms with E-state index in [-0.39, 0.29) is 0 Å². The number of morpholine rings is 1. The van der Waals surface area contributed by atoms with E-state index in [4.69, 9.17) is 4.74 Å². The third-order valence-corrected chi connectivity index (χ3v) is 3.37. The number of ether oxygens (including phenoxy) is 1. The normalized spacial score (nSPS) is 29.2. The van der Waals surface area contributed by atoms with Crippen LogP contribution in [0, 0.1) is 0 Å². The minimum absolute atomic E-state index is 0.405. The summed E-state index contributed by atoms with van der Waals surface area (Å²) in [7, 11) is 0. The van der Waals surface area contributed by atoms with Crippen LogP contribution >= 0.6 is 0 Å². The van der Waals surface area contributed by atoms with Crippen molar-refractivity contribution in [3.63, 3.8) is 0 Å². The van der Waals surface area contributed by atoms with Gasteiger partial charge in [-0.1, -0.05) is 6.92 Å². The van der Waals surface area contributed by atoms with E-state index in [9.17, 15) is 0 Å². The van der Waals surface area contributed by atoms with Gasteiger partial charge < -0.3 is 10.1 Å². The third-order valence-electron chi connectivity index (χ3n) is 3.37. The van der Waals surface area contributed by atoms with Crippen molar-refractivity contribution < 1.29 is 4.74 Å². The van der Waals surface area contributed by atoms with Crippen molar-refractivity contribution in [2.24, 2.45) is 0 Å². The van der Waals surface area contributed by atoms with Gasteiger partial charge in [0.2, 0.25) is 0 Å². The summed E-state index contributed by atoms with van der Waals surface area (Å²) in [6.45, 7) is 13.1. The molecule has 0 radical (unpaired) electrons. The highest BCUT2D eigenvalue weighted by molar-refractivity contribution is 4.75. The fourth-order valence-corrected chi connectivity index (χ4v) is 2.33. The monoisotopic (exact) mass is 228 g/mol. The summed E-state index contributed by atoms with van der Waals surface area (Å²) in [4.78, 5) is 2.56. The van der Waals surface area contributed by atoms with Crippen molar-refractivity contribution in [1.82, 2.24) is 10.2 Å². The quantitative estimate of drug-likeness (QED) is 0.751. The summed E-state index contributed by atoms with van der Waals surface area (Å²) in [6, 6.07) is 1.24. The average molecular weight is 228 g/mol. The van der Waals surface area contributed by atoms with Crippen molar-refractivity contribution in [2.75, 3.05) is 26.2 Å². The molecule has 16 heavy (non-hydrogen) atoms. The molecule has 1 aliphatic rings. The van der Waals surface area contributed by atoms with E-state index in [2.05, 4.69) is 37.9 Å². The van der Waals surface area contributed by atoms with Gasteiger partial charge >= 0.3 is 0 Å². The van der Waals surface area contributed by atoms with Gasteiger partial charge in [-0.25, -0.2) is 0 Å². The number of rotatable bonds is 6. The summed E-state index contributed by atoms with van der Waals surface area (Å²) < 4.78 is 5.63. The van der Waals surface area contributed by atoms with Crippen molar-refractivity contribution in [2.45, 2.75) is 58.7 Å². The van der Waals surface area contributed by atoms with Gasteiger partial charge in [-0.05, 0) is 46.7 Å². The zero-order valence-electron chi connectivity index (χ0n) is 11.3. The van der Waals surface area contributed by atoms with Gasteiger partial charge in [-0.2, -0.15) is 0 Å². The molecule has 96 valence electrons. The Kier molecular flexibility index (Phi) is 6.32. The van der Waals surface area contributed by atoms with Crippen LogP contribution < -0.4 is 5.32 Å². The molecule has 0 amide bonds. The van der Waals surface area contributed by atoms with E-state index in [0.29, 0.717) is 18.2 Å². The lowest BCUT2D eigenvalue weighted by Crippen LogP contribution is -2.47. The molecule has 1 N–H and O–H groups in total. The Morgan fingerprint density at radius 1 is 1.44 bits per heavy atom. The van der Waals surface area contributed by atoms with Gasteiger partial charge in [-0.3, -0.25) is 4.90 Å². The maximum atomic E-state index is 5.63. The van der Waals surface area contributed by atoms with E-state index in [1.54, 1.807) is 0 Å². The van der Waals surface area contributed by atoms with E-state index >= 15 is 0 Å². The van der Waals surface area contributed by atoms with Gasteiger partial charge in [0.1, 0.15) is 0 Å². The van der Waals surface area contributed by atoms with Gasteiger partial charge in [0, 0.05) is 18.6 Å². The molecule has 3 unspecified atom stereocenters. The Hall–Kier alpha value is -0.120. The summed E-state index contributed by atoms with van der Waals surface area (Å²) in [5.74, 6) is 0. The Morgan fingerprint density at radius 2 is 2.19 bits per heavy atom. The second-order valence-corrected chi connectivity index (χ2v) is 5.09. The van der Waals surface area contributed by atoms with Crippen LogP contribution in [0.15, 0.2) is 0 Å². The van der Waals surface area contributed by atoms with Crippen LogP contribution in [-0.4, -0.2) is 49.3 Å². The number of hydrogen-bond acceptors (Lipinski definition) is 3. The molecule has 0 aliphatic carbocycles. The fourth-order valence-electron chi connectivity index (χ4n) is 2.33. The van der Waals surface area contributed by atoms with Crippen molar-refractivity contribution in [3.8, 4) is 0 Å². The fraction of sp³-hybridized carbons (Fsp3) is 1.00. The number of hydrogen-bond donors (Lipinski definition) is 1. The first-order chi connectivity index (χ1) is 7.63. The Morgan fingerprint density at radius 3 is 2.88 bits per heavy atom. The molecular formula is C13H28N2O. The van der Waals surface area contributed by atoms with Crippen LogP contribution in [-0.2, 0) is 4.74 Å². The predicted octanol–water partition coefficient (Wildman–Crippen LogP) is 1.87. The van der Waals surface area contributed by atoms with Gasteiger partial charge in [-0.15, -0.1) is 0 Å². The molecule has 1 saturated heterocycles. The van der Waals surface area contributed by atoms with Crippen molar-refractivity contribution >= 4 is 0 Å². The lowest BCUT2D eigenvalue weighted by Gasteiger charge is -2.36. The summed E-state index contributed by atoms with van der Waals surface area (Å²) in [5.41, 5.74) is 0. The number of nitrogens with one attached hydrogen (secondary N) is 1. The highest BCUT2D eigenvalue weighted by Gasteiger charge is 2.22. The molecule has 1 fully saturated rings. The summed E-state index contributed by atoms with van der Waals surface area (Å²) in [5, 5.41) is 3.46. The molecule has 0 aromatic rings. The average Bonchev–Trinajstić information content (AvgIpc) is 2.23. The lowest BCUT2D eigenvalue weighted by molar-refractivity contribution is -0.0497. The molecule has 3 nitrogen and oxygen atoms in total. The van der Waals surface area contributed by atoms with E-state index < -0.39 is 0 Å². The smallest absolute Gasteiger partial charge is 0.0674 e. The molecule has 3 atom stereocenters. The lowest BCUT2D eigenvalue weighted by atomic mass is 10.1. The van der Waals surface area contributed by atoms with Crippen molar-refractivity contribution in [1.29, 1.82) is 0 Å². The van der Waals surface area contributed by atoms with Gasteiger partial charge in [0.05, 0.1) is 12.7 Å². The highest BCUT2D eigenvalue weighted by atomic mass is 16.5. The molecule has 0 aromatic carbocycles. The molecular weight excluding hydrogens is 200 g/mol. The van der Waals surface area contributed by atoms with Crippen LogP contribution in [0.1, 0.15) is 40.5 Å². The van der Waals surface area contributed by atoms with E-state index in [1.807, 2.05) is 0 Å². The first-order valence-electron chi connectivity index (χ1n) is 6.72. The Bertz CT molecular complexity index is 187. The van der Waals surface area contributed by atoms with Crippen LogP contribution in [0.2, 0.25) is 0 Å². The zero-order chi connectivity index (χ0) is 12.0. The number of nitrogens with zero attached hydrogens (tertiary/aromatic N) is 1. The van der Waals surface area contributed by atoms with Crippen LogP contribution in [0.25, 0.3) is 0 Å². The topological polar surface area (TPSA) is 24.5 Å². The first kappa shape index (κ1) is 13.9. The summed E-state index contributed by atoms with van der Waals surface area (Å²) >= 11 is 0. The molecule has 0 saturated carbocycles. The molecule has 0 aromatic heterocycles. The second-order valence-electron chi connectivity index (χ2n) is 5.09. The zero-order valence-corrected chi connectivity index (χ0v) is 11.3. The largest absolute Gasteiger partial charge is 0.376 e. The molecule has 1 aliphatic heterocycles. The Balaban J connectivity index is 2.15. The van der Waals surface area contributed by atoms with E-state index in [0.717, 1.165) is 19.7 Å². The Labute approximate surface area is 101 Å². The SMILES string of the molecule is CCNC(C)CCCN1CC(C)OCC1C. The van der Waals surface area contributed by atoms with Crippen LogP contribution in [0.4, 0.5) is 0 Å². The second kappa shape index (κ2) is 7.25. The maximum Gasteiger partial charge on any atom is 0.0674 e. The van der Waals surface area contributed by atoms with Crippen LogP contribution in [0.5, 0.6) is 0 Å². The van der Waals surface area contributed by atoms with Crippen LogP contribution in [0.3, 0.4) is 0 Å².